The SMILES string of the molecule is COc1ccc(CN(c2cccc(F)n2)S(=O)(=O)c2cc3oc(=O)n([C@H](C)c4cccc(C)c4Br)c3cc2F)c(C)c1. The van der Waals surface area contributed by atoms with Crippen molar-refractivity contribution in [3.8, 4) is 5.75 Å². The van der Waals surface area contributed by atoms with Crippen LogP contribution in [0.2, 0.25) is 0 Å². The van der Waals surface area contributed by atoms with Crippen LogP contribution < -0.4 is 14.8 Å². The van der Waals surface area contributed by atoms with Gasteiger partial charge in [-0.05, 0) is 67.3 Å². The van der Waals surface area contributed by atoms with Crippen LogP contribution in [-0.2, 0) is 16.6 Å². The standard InChI is InChI=1S/C30H26BrF2N3O5S/c1-17-7-5-8-22(29(17)31)19(3)36-24-14-23(32)26(15-25(24)41-30(36)37)42(38,39)35(28-10-6-9-27(33)34-28)16-20-11-12-21(40-4)13-18(20)2/h5-15,19H,16H2,1-4H3/t19-/m1/s1. The normalized spacial score (nSPS) is 12.5. The maximum absolute atomic E-state index is 15.8. The number of benzene rings is 3. The summed E-state index contributed by atoms with van der Waals surface area (Å²) in [7, 11) is -3.19. The lowest BCUT2D eigenvalue weighted by atomic mass is 10.1. The molecule has 8 nitrogen and oxygen atoms in total. The number of pyridine rings is 1. The third-order valence-electron chi connectivity index (χ3n) is 7.11. The fourth-order valence-electron chi connectivity index (χ4n) is 4.80. The summed E-state index contributed by atoms with van der Waals surface area (Å²) in [6.45, 7) is 5.14. The van der Waals surface area contributed by atoms with Crippen LogP contribution >= 0.6 is 15.9 Å². The van der Waals surface area contributed by atoms with Crippen molar-refractivity contribution in [2.24, 2.45) is 0 Å². The van der Waals surface area contributed by atoms with Gasteiger partial charge in [0.1, 0.15) is 22.3 Å². The van der Waals surface area contributed by atoms with Gasteiger partial charge in [0, 0.05) is 16.6 Å². The number of halogens is 3. The average Bonchev–Trinajstić information content (AvgIpc) is 3.27. The van der Waals surface area contributed by atoms with Gasteiger partial charge < -0.3 is 9.15 Å². The number of hydrogen-bond donors (Lipinski definition) is 0. The van der Waals surface area contributed by atoms with E-state index in [1.807, 2.05) is 25.1 Å². The summed E-state index contributed by atoms with van der Waals surface area (Å²) in [4.78, 5) is 16.0. The van der Waals surface area contributed by atoms with E-state index in [0.717, 1.165) is 38.1 Å². The van der Waals surface area contributed by atoms with E-state index in [1.54, 1.807) is 32.0 Å². The van der Waals surface area contributed by atoms with Gasteiger partial charge in [0.05, 0.1) is 25.2 Å². The Morgan fingerprint density at radius 2 is 1.79 bits per heavy atom. The number of anilines is 1. The second kappa shape index (κ2) is 11.3. The summed E-state index contributed by atoms with van der Waals surface area (Å²) in [5, 5.41) is 0. The zero-order valence-electron chi connectivity index (χ0n) is 23.1. The lowest BCUT2D eigenvalue weighted by Gasteiger charge is -2.25. The summed E-state index contributed by atoms with van der Waals surface area (Å²) >= 11 is 3.55. The molecule has 0 saturated carbocycles. The molecule has 12 heteroatoms. The van der Waals surface area contributed by atoms with E-state index in [2.05, 4.69) is 20.9 Å². The predicted octanol–water partition coefficient (Wildman–Crippen LogP) is 6.66. The van der Waals surface area contributed by atoms with Crippen molar-refractivity contribution in [3.63, 3.8) is 0 Å². The third kappa shape index (κ3) is 5.32. The molecule has 0 aliphatic heterocycles. The lowest BCUT2D eigenvalue weighted by molar-refractivity contribution is 0.414. The molecule has 2 heterocycles. The third-order valence-corrected chi connectivity index (χ3v) is 9.96. The van der Waals surface area contributed by atoms with E-state index in [9.17, 15) is 17.6 Å². The van der Waals surface area contributed by atoms with Gasteiger partial charge in [-0.3, -0.25) is 4.57 Å². The minimum absolute atomic E-state index is 0.0822. The summed E-state index contributed by atoms with van der Waals surface area (Å²) in [6.07, 6.45) is 0. The molecule has 5 rings (SSSR count). The number of sulfonamides is 1. The Bertz CT molecular complexity index is 1990. The summed E-state index contributed by atoms with van der Waals surface area (Å²) < 4.78 is 71.6. The fourth-order valence-corrected chi connectivity index (χ4v) is 6.86. The molecular formula is C30H26BrF2N3O5S. The van der Waals surface area contributed by atoms with Crippen LogP contribution in [-0.4, -0.2) is 25.1 Å². The van der Waals surface area contributed by atoms with Gasteiger partial charge in [-0.25, -0.2) is 26.9 Å². The minimum atomic E-state index is -4.69. The van der Waals surface area contributed by atoms with Crippen molar-refractivity contribution in [3.05, 3.63) is 116 Å². The Labute approximate surface area is 249 Å². The van der Waals surface area contributed by atoms with E-state index in [0.29, 0.717) is 16.9 Å². The van der Waals surface area contributed by atoms with Crippen LogP contribution in [0.3, 0.4) is 0 Å². The van der Waals surface area contributed by atoms with Gasteiger partial charge in [0.2, 0.25) is 5.95 Å². The molecule has 2 aromatic heterocycles. The van der Waals surface area contributed by atoms with Crippen molar-refractivity contribution in [2.75, 3.05) is 11.4 Å². The van der Waals surface area contributed by atoms with E-state index >= 15 is 4.39 Å². The number of rotatable bonds is 8. The molecule has 0 bridgehead atoms. The first kappa shape index (κ1) is 29.5. The van der Waals surface area contributed by atoms with E-state index < -0.39 is 38.5 Å². The monoisotopic (exact) mass is 657 g/mol. The fraction of sp³-hybridized carbons (Fsp3) is 0.200. The Hall–Kier alpha value is -4.03. The van der Waals surface area contributed by atoms with Gasteiger partial charge in [0.25, 0.3) is 10.0 Å². The zero-order chi connectivity index (χ0) is 30.3. The summed E-state index contributed by atoms with van der Waals surface area (Å²) in [6, 6.07) is 15.7. The molecule has 5 aromatic rings. The molecular weight excluding hydrogens is 632 g/mol. The number of ether oxygens (including phenoxy) is 1. The molecule has 0 aliphatic carbocycles. The predicted molar refractivity (Wildman–Crippen MR) is 158 cm³/mol. The molecule has 0 fully saturated rings. The van der Waals surface area contributed by atoms with Crippen molar-refractivity contribution in [2.45, 2.75) is 38.3 Å². The maximum Gasteiger partial charge on any atom is 0.420 e. The van der Waals surface area contributed by atoms with Crippen LogP contribution in [0.5, 0.6) is 5.75 Å². The highest BCUT2D eigenvalue weighted by atomic mass is 79.9. The Morgan fingerprint density at radius 3 is 2.48 bits per heavy atom. The Balaban J connectivity index is 1.64. The first-order chi connectivity index (χ1) is 19.9. The van der Waals surface area contributed by atoms with E-state index in [-0.39, 0.29) is 23.5 Å². The van der Waals surface area contributed by atoms with Crippen LogP contribution in [0.4, 0.5) is 14.6 Å². The van der Waals surface area contributed by atoms with Crippen LogP contribution in [0, 0.1) is 25.6 Å². The number of fused-ring (bicyclic) bond motifs is 1. The molecule has 0 spiro atoms. The number of hydrogen-bond acceptors (Lipinski definition) is 6. The van der Waals surface area contributed by atoms with Gasteiger partial charge in [-0.1, -0.05) is 46.3 Å². The molecule has 0 unspecified atom stereocenters. The quantitative estimate of drug-likeness (QED) is 0.173. The largest absolute Gasteiger partial charge is 0.497 e. The molecule has 42 heavy (non-hydrogen) atoms. The second-order valence-corrected chi connectivity index (χ2v) is 12.4. The highest BCUT2D eigenvalue weighted by molar-refractivity contribution is 9.10. The average molecular weight is 659 g/mol. The first-order valence-corrected chi connectivity index (χ1v) is 15.0. The van der Waals surface area contributed by atoms with Crippen molar-refractivity contribution < 1.29 is 26.4 Å². The van der Waals surface area contributed by atoms with E-state index in [1.165, 1.54) is 23.8 Å². The van der Waals surface area contributed by atoms with Crippen molar-refractivity contribution in [1.82, 2.24) is 9.55 Å². The lowest BCUT2D eigenvalue weighted by Crippen LogP contribution is -2.32. The Kier molecular flexibility index (Phi) is 7.95. The van der Waals surface area contributed by atoms with E-state index in [4.69, 9.17) is 9.15 Å². The minimum Gasteiger partial charge on any atom is -0.497 e. The van der Waals surface area contributed by atoms with Gasteiger partial charge in [0.15, 0.2) is 5.58 Å². The molecule has 0 N–H and O–H groups in total. The number of nitrogens with zero attached hydrogens (tertiary/aromatic N) is 3. The van der Waals surface area contributed by atoms with Gasteiger partial charge in [-0.2, -0.15) is 4.39 Å². The van der Waals surface area contributed by atoms with Crippen molar-refractivity contribution >= 4 is 42.9 Å². The summed E-state index contributed by atoms with van der Waals surface area (Å²) in [5.74, 6) is -2.48. The highest BCUT2D eigenvalue weighted by Gasteiger charge is 2.32. The molecule has 0 amide bonds. The number of aromatic nitrogens is 2. The smallest absolute Gasteiger partial charge is 0.420 e. The zero-order valence-corrected chi connectivity index (χ0v) is 25.5. The highest BCUT2D eigenvalue weighted by Crippen LogP contribution is 2.33. The van der Waals surface area contributed by atoms with Crippen molar-refractivity contribution in [1.29, 1.82) is 0 Å². The molecule has 1 atom stereocenters. The molecule has 218 valence electrons. The summed E-state index contributed by atoms with van der Waals surface area (Å²) in [5.41, 5.74) is 2.92. The van der Waals surface area contributed by atoms with Gasteiger partial charge in [-0.15, -0.1) is 0 Å². The van der Waals surface area contributed by atoms with Crippen LogP contribution in [0.15, 0.2) is 85.3 Å². The maximum atomic E-state index is 15.8. The second-order valence-electron chi connectivity index (χ2n) is 9.77. The number of methoxy groups -OCH3 is 1. The topological polar surface area (TPSA) is 94.6 Å². The number of aryl methyl sites for hydroxylation is 2. The molecule has 0 saturated heterocycles. The Morgan fingerprint density at radius 1 is 1.05 bits per heavy atom. The van der Waals surface area contributed by atoms with Crippen LogP contribution in [0.25, 0.3) is 11.1 Å². The molecule has 0 radical (unpaired) electrons. The van der Waals surface area contributed by atoms with Gasteiger partial charge >= 0.3 is 5.76 Å². The molecule has 0 aliphatic rings. The number of oxazole rings is 1. The molecule has 3 aromatic carbocycles. The first-order valence-electron chi connectivity index (χ1n) is 12.8. The van der Waals surface area contributed by atoms with Crippen LogP contribution in [0.1, 0.15) is 35.2 Å².